The van der Waals surface area contributed by atoms with Gasteiger partial charge in [0.05, 0.1) is 0 Å². The van der Waals surface area contributed by atoms with Gasteiger partial charge in [-0.15, -0.1) is 0 Å². The van der Waals surface area contributed by atoms with Crippen LogP contribution in [0.15, 0.2) is 91.0 Å². The monoisotopic (exact) mass is 427 g/mol. The van der Waals surface area contributed by atoms with Crippen LogP contribution < -0.4 is 10.1 Å². The number of halogens is 1. The second-order valence-corrected chi connectivity index (χ2v) is 8.01. The van der Waals surface area contributed by atoms with E-state index < -0.39 is 11.5 Å². The van der Waals surface area contributed by atoms with E-state index in [1.54, 1.807) is 42.5 Å². The van der Waals surface area contributed by atoms with Crippen molar-refractivity contribution in [3.63, 3.8) is 0 Å². The fourth-order valence-corrected chi connectivity index (χ4v) is 4.27. The van der Waals surface area contributed by atoms with E-state index in [4.69, 9.17) is 16.3 Å². The molecule has 0 saturated carbocycles. The van der Waals surface area contributed by atoms with Crippen LogP contribution in [0.1, 0.15) is 21.5 Å². The molecule has 0 radical (unpaired) electrons. The number of carbonyl (C=O) groups excluding carboxylic acids is 2. The van der Waals surface area contributed by atoms with Gasteiger partial charge in [-0.2, -0.15) is 0 Å². The Hall–Kier alpha value is -3.63. The molecule has 0 spiro atoms. The zero-order valence-corrected chi connectivity index (χ0v) is 17.2. The van der Waals surface area contributed by atoms with E-state index in [9.17, 15) is 9.59 Å². The Morgan fingerprint density at radius 2 is 1.58 bits per heavy atom. The molecule has 4 aromatic rings. The van der Waals surface area contributed by atoms with Gasteiger partial charge in [-0.25, -0.2) is 4.79 Å². The highest BCUT2D eigenvalue weighted by atomic mass is 35.5. The summed E-state index contributed by atoms with van der Waals surface area (Å²) in [4.78, 5) is 26.6. The summed E-state index contributed by atoms with van der Waals surface area (Å²) in [7, 11) is 0. The summed E-state index contributed by atoms with van der Waals surface area (Å²) in [6, 6.07) is 27.6. The summed E-state index contributed by atoms with van der Waals surface area (Å²) in [5, 5.41) is 5.46. The lowest BCUT2D eigenvalue weighted by Crippen LogP contribution is -2.52. The Labute approximate surface area is 184 Å². The number of rotatable bonds is 4. The topological polar surface area (TPSA) is 55.4 Å². The molecule has 1 aliphatic heterocycles. The highest BCUT2D eigenvalue weighted by Gasteiger charge is 2.51. The lowest BCUT2D eigenvalue weighted by atomic mass is 9.82. The van der Waals surface area contributed by atoms with Gasteiger partial charge in [0.25, 0.3) is 5.91 Å². The van der Waals surface area contributed by atoms with Gasteiger partial charge in [-0.05, 0) is 46.7 Å². The smallest absolute Gasteiger partial charge is 0.342 e. The molecule has 1 heterocycles. The summed E-state index contributed by atoms with van der Waals surface area (Å²) < 4.78 is 5.68. The summed E-state index contributed by atoms with van der Waals surface area (Å²) in [6.07, 6.45) is 0.239. The highest BCUT2D eigenvalue weighted by Crippen LogP contribution is 2.44. The standard InChI is InChI=1S/C26H18ClNO3/c27-20-13-10-17(11-14-20)16-26(28-24(29)19-7-2-1-3-8-19)23-21-9-5-4-6-18(21)12-15-22(23)31-25(26)30/h1-15H,16H2,(H,28,29). The van der Waals surface area contributed by atoms with Crippen molar-refractivity contribution in [1.29, 1.82) is 0 Å². The molecule has 0 fully saturated rings. The van der Waals surface area contributed by atoms with Crippen molar-refractivity contribution in [2.24, 2.45) is 0 Å². The number of benzene rings is 4. The average molecular weight is 428 g/mol. The Bertz CT molecular complexity index is 1300. The number of hydrogen-bond donors (Lipinski definition) is 1. The summed E-state index contributed by atoms with van der Waals surface area (Å²) >= 11 is 6.05. The van der Waals surface area contributed by atoms with E-state index in [2.05, 4.69) is 5.32 Å². The fraction of sp³-hybridized carbons (Fsp3) is 0.0769. The van der Waals surface area contributed by atoms with E-state index >= 15 is 0 Å². The van der Waals surface area contributed by atoms with Crippen molar-refractivity contribution in [2.75, 3.05) is 0 Å². The minimum atomic E-state index is -1.36. The Kier molecular flexibility index (Phi) is 4.72. The van der Waals surface area contributed by atoms with Crippen LogP contribution in [0.4, 0.5) is 0 Å². The molecule has 0 aliphatic carbocycles. The van der Waals surface area contributed by atoms with Gasteiger partial charge < -0.3 is 10.1 Å². The minimum absolute atomic E-state index is 0.239. The Morgan fingerprint density at radius 3 is 2.35 bits per heavy atom. The number of fused-ring (bicyclic) bond motifs is 3. The molecular formula is C26H18ClNO3. The molecule has 1 amide bonds. The molecule has 4 aromatic carbocycles. The lowest BCUT2D eigenvalue weighted by Gasteiger charge is -2.28. The molecule has 5 rings (SSSR count). The van der Waals surface area contributed by atoms with Gasteiger partial charge in [0.2, 0.25) is 0 Å². The summed E-state index contributed by atoms with van der Waals surface area (Å²) in [6.45, 7) is 0. The third-order valence-electron chi connectivity index (χ3n) is 5.61. The Morgan fingerprint density at radius 1 is 0.871 bits per heavy atom. The third kappa shape index (κ3) is 3.35. The van der Waals surface area contributed by atoms with Gasteiger partial charge in [0.15, 0.2) is 5.54 Å². The molecule has 0 saturated heterocycles. The molecule has 4 nitrogen and oxygen atoms in total. The van der Waals surface area contributed by atoms with Crippen LogP contribution in [0.5, 0.6) is 5.75 Å². The van der Waals surface area contributed by atoms with E-state index in [1.807, 2.05) is 48.5 Å². The number of amides is 1. The van der Waals surface area contributed by atoms with E-state index in [0.717, 1.165) is 16.3 Å². The maximum atomic E-state index is 13.4. The number of esters is 1. The number of nitrogens with one attached hydrogen (secondary N) is 1. The van der Waals surface area contributed by atoms with Gasteiger partial charge in [-0.1, -0.05) is 72.3 Å². The van der Waals surface area contributed by atoms with Crippen LogP contribution in [0.2, 0.25) is 5.02 Å². The Balaban J connectivity index is 1.70. The molecule has 1 aliphatic rings. The fourth-order valence-electron chi connectivity index (χ4n) is 4.15. The summed E-state index contributed by atoms with van der Waals surface area (Å²) in [5.41, 5.74) is 0.640. The van der Waals surface area contributed by atoms with Gasteiger partial charge in [0.1, 0.15) is 5.75 Å². The predicted octanol–water partition coefficient (Wildman–Crippen LogP) is 5.28. The molecule has 1 unspecified atom stereocenters. The molecule has 1 atom stereocenters. The highest BCUT2D eigenvalue weighted by molar-refractivity contribution is 6.30. The van der Waals surface area contributed by atoms with Crippen LogP contribution in [0, 0.1) is 0 Å². The zero-order chi connectivity index (χ0) is 21.4. The number of carbonyl (C=O) groups is 2. The molecule has 31 heavy (non-hydrogen) atoms. The van der Waals surface area contributed by atoms with Crippen molar-refractivity contribution in [3.8, 4) is 5.75 Å². The van der Waals surface area contributed by atoms with Crippen LogP contribution >= 0.6 is 11.6 Å². The molecule has 5 heteroatoms. The van der Waals surface area contributed by atoms with Crippen LogP contribution in [0.3, 0.4) is 0 Å². The van der Waals surface area contributed by atoms with E-state index in [1.165, 1.54) is 0 Å². The van der Waals surface area contributed by atoms with Gasteiger partial charge >= 0.3 is 5.97 Å². The quantitative estimate of drug-likeness (QED) is 0.356. The van der Waals surface area contributed by atoms with Crippen molar-refractivity contribution < 1.29 is 14.3 Å². The van der Waals surface area contributed by atoms with Crippen LogP contribution in [-0.4, -0.2) is 11.9 Å². The SMILES string of the molecule is O=C(NC1(Cc2ccc(Cl)cc2)C(=O)Oc2ccc3ccccc3c21)c1ccccc1. The molecular weight excluding hydrogens is 410 g/mol. The molecule has 152 valence electrons. The molecule has 1 N–H and O–H groups in total. The first-order valence-corrected chi connectivity index (χ1v) is 10.3. The number of ether oxygens (including phenoxy) is 1. The predicted molar refractivity (Wildman–Crippen MR) is 120 cm³/mol. The first-order valence-electron chi connectivity index (χ1n) is 9.93. The van der Waals surface area contributed by atoms with E-state index in [0.29, 0.717) is 21.9 Å². The second kappa shape index (κ2) is 7.56. The zero-order valence-electron chi connectivity index (χ0n) is 16.5. The number of hydrogen-bond acceptors (Lipinski definition) is 3. The van der Waals surface area contributed by atoms with Crippen molar-refractivity contribution in [3.05, 3.63) is 113 Å². The average Bonchev–Trinajstić information content (AvgIpc) is 3.07. The normalized spacial score (nSPS) is 17.3. The van der Waals surface area contributed by atoms with Crippen molar-refractivity contribution in [2.45, 2.75) is 12.0 Å². The molecule has 0 bridgehead atoms. The largest absolute Gasteiger partial charge is 0.424 e. The van der Waals surface area contributed by atoms with Gasteiger partial charge in [0, 0.05) is 22.6 Å². The first kappa shape index (κ1) is 19.3. The maximum absolute atomic E-state index is 13.4. The first-order chi connectivity index (χ1) is 15.1. The summed E-state index contributed by atoms with van der Waals surface area (Å²) in [5.74, 6) is -0.378. The van der Waals surface area contributed by atoms with Crippen molar-refractivity contribution >= 4 is 34.2 Å². The van der Waals surface area contributed by atoms with Gasteiger partial charge in [-0.3, -0.25) is 4.79 Å². The van der Waals surface area contributed by atoms with Crippen molar-refractivity contribution in [1.82, 2.24) is 5.32 Å². The molecule has 0 aromatic heterocycles. The lowest BCUT2D eigenvalue weighted by molar-refractivity contribution is -0.139. The van der Waals surface area contributed by atoms with Crippen LogP contribution in [0.25, 0.3) is 10.8 Å². The van der Waals surface area contributed by atoms with Crippen LogP contribution in [-0.2, 0) is 16.8 Å². The third-order valence-corrected chi connectivity index (χ3v) is 5.87. The second-order valence-electron chi connectivity index (χ2n) is 7.58. The van der Waals surface area contributed by atoms with E-state index in [-0.39, 0.29) is 12.3 Å². The maximum Gasteiger partial charge on any atom is 0.342 e. The minimum Gasteiger partial charge on any atom is -0.424 e.